The van der Waals surface area contributed by atoms with E-state index in [-0.39, 0.29) is 18.3 Å². The summed E-state index contributed by atoms with van der Waals surface area (Å²) in [6, 6.07) is 4.52. The van der Waals surface area contributed by atoms with Gasteiger partial charge in [0.25, 0.3) is 0 Å². The lowest BCUT2D eigenvalue weighted by Gasteiger charge is -2.08. The molecule has 1 amide bonds. The summed E-state index contributed by atoms with van der Waals surface area (Å²) in [5.41, 5.74) is 5.91. The number of amides is 1. The summed E-state index contributed by atoms with van der Waals surface area (Å²) >= 11 is 1.51. The number of carbonyl (C=O) groups excluding carboxylic acids is 1. The fraction of sp³-hybridized carbons (Fsp3) is 0.300. The summed E-state index contributed by atoms with van der Waals surface area (Å²) in [6.07, 6.45) is 1.90. The average Bonchev–Trinajstić information content (AvgIpc) is 2.26. The summed E-state index contributed by atoms with van der Waals surface area (Å²) in [7, 11) is 0. The number of thioether (sulfide) groups is 1. The molecule has 0 heterocycles. The molecule has 0 atom stereocenters. The topological polar surface area (TPSA) is 55.1 Å². The van der Waals surface area contributed by atoms with Gasteiger partial charge in [0.05, 0.1) is 6.54 Å². The van der Waals surface area contributed by atoms with Crippen molar-refractivity contribution in [3.8, 4) is 0 Å². The van der Waals surface area contributed by atoms with Gasteiger partial charge in [0, 0.05) is 11.4 Å². The van der Waals surface area contributed by atoms with Crippen LogP contribution in [0.5, 0.6) is 0 Å². The van der Waals surface area contributed by atoms with Gasteiger partial charge in [-0.05, 0) is 30.0 Å². The van der Waals surface area contributed by atoms with E-state index < -0.39 is 0 Å². The SMILES string of the molecule is CSc1ccc(F)cc1CNC(=O)CN. The molecule has 0 aliphatic heterocycles. The number of hydrogen-bond donors (Lipinski definition) is 2. The Labute approximate surface area is 92.2 Å². The highest BCUT2D eigenvalue weighted by Crippen LogP contribution is 2.20. The van der Waals surface area contributed by atoms with E-state index in [1.807, 2.05) is 6.26 Å². The Balaban J connectivity index is 2.74. The zero-order valence-electron chi connectivity index (χ0n) is 8.42. The number of carbonyl (C=O) groups is 1. The number of rotatable bonds is 4. The zero-order valence-corrected chi connectivity index (χ0v) is 9.23. The van der Waals surface area contributed by atoms with Crippen molar-refractivity contribution in [3.05, 3.63) is 29.6 Å². The smallest absolute Gasteiger partial charge is 0.234 e. The molecule has 0 spiro atoms. The molecule has 0 bridgehead atoms. The first-order valence-electron chi connectivity index (χ1n) is 4.46. The molecule has 5 heteroatoms. The minimum absolute atomic E-state index is 0.0517. The average molecular weight is 228 g/mol. The van der Waals surface area contributed by atoms with E-state index in [9.17, 15) is 9.18 Å². The van der Waals surface area contributed by atoms with E-state index in [0.717, 1.165) is 10.5 Å². The Kier molecular flexibility index (Phi) is 4.58. The van der Waals surface area contributed by atoms with E-state index in [1.54, 1.807) is 6.07 Å². The molecule has 0 aliphatic carbocycles. The molecule has 0 saturated carbocycles. The van der Waals surface area contributed by atoms with Crippen LogP contribution in [0.25, 0.3) is 0 Å². The minimum Gasteiger partial charge on any atom is -0.351 e. The molecule has 3 N–H and O–H groups in total. The standard InChI is InChI=1S/C10H13FN2OS/c1-15-9-3-2-8(11)4-7(9)6-13-10(14)5-12/h2-4H,5-6,12H2,1H3,(H,13,14). The van der Waals surface area contributed by atoms with Gasteiger partial charge in [-0.1, -0.05) is 0 Å². The Bertz CT molecular complexity index is 357. The van der Waals surface area contributed by atoms with Crippen LogP contribution < -0.4 is 11.1 Å². The van der Waals surface area contributed by atoms with Crippen LogP contribution in [-0.2, 0) is 11.3 Å². The van der Waals surface area contributed by atoms with Crippen LogP contribution in [0.15, 0.2) is 23.1 Å². The quantitative estimate of drug-likeness (QED) is 0.759. The molecule has 0 aromatic heterocycles. The highest BCUT2D eigenvalue weighted by atomic mass is 32.2. The van der Waals surface area contributed by atoms with Crippen molar-refractivity contribution in [3.63, 3.8) is 0 Å². The summed E-state index contributed by atoms with van der Waals surface area (Å²) in [5.74, 6) is -0.545. The normalized spacial score (nSPS) is 10.1. The van der Waals surface area contributed by atoms with Gasteiger partial charge in [0.15, 0.2) is 0 Å². The summed E-state index contributed by atoms with van der Waals surface area (Å²) < 4.78 is 12.9. The molecule has 0 radical (unpaired) electrons. The van der Waals surface area contributed by atoms with Crippen molar-refractivity contribution >= 4 is 17.7 Å². The number of nitrogens with two attached hydrogens (primary N) is 1. The van der Waals surface area contributed by atoms with Crippen LogP contribution >= 0.6 is 11.8 Å². The van der Waals surface area contributed by atoms with Crippen molar-refractivity contribution < 1.29 is 9.18 Å². The van der Waals surface area contributed by atoms with Gasteiger partial charge < -0.3 is 11.1 Å². The van der Waals surface area contributed by atoms with Crippen molar-refractivity contribution in [2.75, 3.05) is 12.8 Å². The third-order valence-corrected chi connectivity index (χ3v) is 2.74. The highest BCUT2D eigenvalue weighted by Gasteiger charge is 2.04. The van der Waals surface area contributed by atoms with Crippen molar-refractivity contribution in [1.82, 2.24) is 5.32 Å². The predicted octanol–water partition coefficient (Wildman–Crippen LogP) is 1.12. The fourth-order valence-corrected chi connectivity index (χ4v) is 1.75. The third-order valence-electron chi connectivity index (χ3n) is 1.90. The summed E-state index contributed by atoms with van der Waals surface area (Å²) in [6.45, 7) is 0.258. The Morgan fingerprint density at radius 2 is 2.33 bits per heavy atom. The maximum Gasteiger partial charge on any atom is 0.234 e. The maximum absolute atomic E-state index is 12.9. The second kappa shape index (κ2) is 5.72. The van der Waals surface area contributed by atoms with E-state index in [1.165, 1.54) is 23.9 Å². The van der Waals surface area contributed by atoms with Gasteiger partial charge in [-0.25, -0.2) is 4.39 Å². The Morgan fingerprint density at radius 1 is 1.60 bits per heavy atom. The molecule has 0 aliphatic rings. The van der Waals surface area contributed by atoms with Gasteiger partial charge >= 0.3 is 0 Å². The van der Waals surface area contributed by atoms with E-state index in [2.05, 4.69) is 5.32 Å². The fourth-order valence-electron chi connectivity index (χ4n) is 1.15. The Morgan fingerprint density at radius 3 is 2.93 bits per heavy atom. The highest BCUT2D eigenvalue weighted by molar-refractivity contribution is 7.98. The number of halogens is 1. The first kappa shape index (κ1) is 12.0. The van der Waals surface area contributed by atoms with Crippen LogP contribution in [0.2, 0.25) is 0 Å². The molecule has 1 rings (SSSR count). The molecule has 0 saturated heterocycles. The Hall–Kier alpha value is -1.07. The molecule has 1 aromatic rings. The molecule has 0 unspecified atom stereocenters. The van der Waals surface area contributed by atoms with Crippen LogP contribution in [0, 0.1) is 5.82 Å². The van der Waals surface area contributed by atoms with Gasteiger partial charge in [-0.2, -0.15) is 0 Å². The van der Waals surface area contributed by atoms with Gasteiger partial charge in [0.1, 0.15) is 5.82 Å². The molecule has 0 fully saturated rings. The van der Waals surface area contributed by atoms with Gasteiger partial charge in [0.2, 0.25) is 5.91 Å². The second-order valence-corrected chi connectivity index (χ2v) is 3.79. The monoisotopic (exact) mass is 228 g/mol. The molecule has 82 valence electrons. The van der Waals surface area contributed by atoms with Gasteiger partial charge in [-0.3, -0.25) is 4.79 Å². The number of hydrogen-bond acceptors (Lipinski definition) is 3. The van der Waals surface area contributed by atoms with E-state index in [0.29, 0.717) is 6.54 Å². The van der Waals surface area contributed by atoms with Crippen LogP contribution in [-0.4, -0.2) is 18.7 Å². The second-order valence-electron chi connectivity index (χ2n) is 2.94. The van der Waals surface area contributed by atoms with Crippen LogP contribution in [0.4, 0.5) is 4.39 Å². The number of benzene rings is 1. The van der Waals surface area contributed by atoms with Crippen molar-refractivity contribution in [2.24, 2.45) is 5.73 Å². The molecule has 1 aromatic carbocycles. The number of nitrogens with one attached hydrogen (secondary N) is 1. The lowest BCUT2D eigenvalue weighted by atomic mass is 10.2. The molecular weight excluding hydrogens is 215 g/mol. The molecule has 15 heavy (non-hydrogen) atoms. The lowest BCUT2D eigenvalue weighted by molar-refractivity contribution is -0.119. The minimum atomic E-state index is -0.301. The predicted molar refractivity (Wildman–Crippen MR) is 59.1 cm³/mol. The van der Waals surface area contributed by atoms with Crippen molar-refractivity contribution in [2.45, 2.75) is 11.4 Å². The first-order valence-corrected chi connectivity index (χ1v) is 5.69. The van der Waals surface area contributed by atoms with Crippen LogP contribution in [0.1, 0.15) is 5.56 Å². The molecule has 3 nitrogen and oxygen atoms in total. The van der Waals surface area contributed by atoms with Gasteiger partial charge in [-0.15, -0.1) is 11.8 Å². The largest absolute Gasteiger partial charge is 0.351 e. The van der Waals surface area contributed by atoms with E-state index >= 15 is 0 Å². The summed E-state index contributed by atoms with van der Waals surface area (Å²) in [5, 5.41) is 2.61. The van der Waals surface area contributed by atoms with Crippen molar-refractivity contribution in [1.29, 1.82) is 0 Å². The maximum atomic E-state index is 12.9. The molecular formula is C10H13FN2OS. The first-order chi connectivity index (χ1) is 7.17. The zero-order chi connectivity index (χ0) is 11.3. The summed E-state index contributed by atoms with van der Waals surface area (Å²) in [4.78, 5) is 11.9. The lowest BCUT2D eigenvalue weighted by Crippen LogP contribution is -2.29. The van der Waals surface area contributed by atoms with E-state index in [4.69, 9.17) is 5.73 Å². The van der Waals surface area contributed by atoms with Crippen LogP contribution in [0.3, 0.4) is 0 Å². The third kappa shape index (κ3) is 3.53.